The molecular formula is C23H26F2N4. The molecule has 4 rings (SSSR count). The third-order valence-electron chi connectivity index (χ3n) is 5.69. The molecule has 4 nitrogen and oxygen atoms in total. The molecular weight excluding hydrogens is 370 g/mol. The molecule has 1 aliphatic rings. The monoisotopic (exact) mass is 396 g/mol. The Morgan fingerprint density at radius 3 is 1.83 bits per heavy atom. The summed E-state index contributed by atoms with van der Waals surface area (Å²) in [7, 11) is 2.01. The largest absolute Gasteiger partial charge is 0.338 e. The van der Waals surface area contributed by atoms with E-state index >= 15 is 0 Å². The van der Waals surface area contributed by atoms with Crippen LogP contribution in [-0.2, 0) is 13.6 Å². The summed E-state index contributed by atoms with van der Waals surface area (Å²) in [6.45, 7) is 6.46. The summed E-state index contributed by atoms with van der Waals surface area (Å²) in [4.78, 5) is 9.40. The fourth-order valence-corrected chi connectivity index (χ4v) is 4.02. The molecule has 0 N–H and O–H groups in total. The predicted octanol–water partition coefficient (Wildman–Crippen LogP) is 3.91. The van der Waals surface area contributed by atoms with Crippen LogP contribution < -0.4 is 0 Å². The van der Waals surface area contributed by atoms with E-state index < -0.39 is 0 Å². The molecule has 0 unspecified atom stereocenters. The van der Waals surface area contributed by atoms with Crippen LogP contribution in [0.1, 0.15) is 28.7 Å². The van der Waals surface area contributed by atoms with Crippen molar-refractivity contribution in [2.75, 3.05) is 26.2 Å². The molecule has 6 heteroatoms. The Morgan fingerprint density at radius 2 is 1.38 bits per heavy atom. The first-order chi connectivity index (χ1) is 14.0. The van der Waals surface area contributed by atoms with Gasteiger partial charge >= 0.3 is 0 Å². The molecule has 2 heterocycles. The van der Waals surface area contributed by atoms with Crippen LogP contribution in [-0.4, -0.2) is 45.5 Å². The first-order valence-corrected chi connectivity index (χ1v) is 9.96. The van der Waals surface area contributed by atoms with E-state index in [1.54, 1.807) is 0 Å². The Hall–Kier alpha value is -2.57. The molecule has 1 fully saturated rings. The van der Waals surface area contributed by atoms with Crippen molar-refractivity contribution in [3.8, 4) is 0 Å². The zero-order chi connectivity index (χ0) is 20.4. The van der Waals surface area contributed by atoms with Gasteiger partial charge in [0.1, 0.15) is 17.5 Å². The number of hydrogen-bond donors (Lipinski definition) is 0. The second kappa shape index (κ2) is 8.43. The number of imidazole rings is 1. The van der Waals surface area contributed by atoms with E-state index in [2.05, 4.69) is 21.0 Å². The highest BCUT2D eigenvalue weighted by Crippen LogP contribution is 2.30. The van der Waals surface area contributed by atoms with Crippen LogP contribution in [0.4, 0.5) is 8.78 Å². The minimum absolute atomic E-state index is 0.0181. The minimum atomic E-state index is -0.248. The lowest BCUT2D eigenvalue weighted by Crippen LogP contribution is -2.47. The molecule has 1 aliphatic heterocycles. The van der Waals surface area contributed by atoms with Gasteiger partial charge in [0.25, 0.3) is 0 Å². The second-order valence-corrected chi connectivity index (χ2v) is 7.71. The van der Waals surface area contributed by atoms with Crippen LogP contribution in [0.5, 0.6) is 0 Å². The van der Waals surface area contributed by atoms with Crippen molar-refractivity contribution in [1.82, 2.24) is 19.4 Å². The standard InChI is InChI=1S/C23H26F2N4/c1-17-26-22(15-27(17)2)16-28-11-13-29(14-12-28)23(18-3-7-20(24)8-4-18)19-5-9-21(25)10-6-19/h3-10,15,23H,11-14,16H2,1-2H3. The number of halogens is 2. The van der Waals surface area contributed by atoms with Gasteiger partial charge in [-0.1, -0.05) is 24.3 Å². The summed E-state index contributed by atoms with van der Waals surface area (Å²) in [5, 5.41) is 0. The molecule has 0 spiro atoms. The average Bonchev–Trinajstić information content (AvgIpc) is 3.03. The van der Waals surface area contributed by atoms with Gasteiger partial charge in [0, 0.05) is 46.0 Å². The number of nitrogens with zero attached hydrogens (tertiary/aromatic N) is 4. The lowest BCUT2D eigenvalue weighted by atomic mass is 9.96. The average molecular weight is 396 g/mol. The molecule has 2 aromatic carbocycles. The van der Waals surface area contributed by atoms with E-state index in [0.29, 0.717) is 0 Å². The van der Waals surface area contributed by atoms with Crippen molar-refractivity contribution in [1.29, 1.82) is 0 Å². The summed E-state index contributed by atoms with van der Waals surface area (Å²) in [5.74, 6) is 0.524. The summed E-state index contributed by atoms with van der Waals surface area (Å²) < 4.78 is 29.0. The van der Waals surface area contributed by atoms with Crippen LogP contribution in [0.2, 0.25) is 0 Å². The van der Waals surface area contributed by atoms with E-state index in [1.165, 1.54) is 24.3 Å². The summed E-state index contributed by atoms with van der Waals surface area (Å²) >= 11 is 0. The van der Waals surface area contributed by atoms with E-state index in [4.69, 9.17) is 0 Å². The smallest absolute Gasteiger partial charge is 0.123 e. The van der Waals surface area contributed by atoms with Gasteiger partial charge in [-0.05, 0) is 42.3 Å². The van der Waals surface area contributed by atoms with Crippen LogP contribution in [0, 0.1) is 18.6 Å². The molecule has 29 heavy (non-hydrogen) atoms. The molecule has 0 amide bonds. The summed E-state index contributed by atoms with van der Waals surface area (Å²) in [5.41, 5.74) is 3.13. The van der Waals surface area contributed by atoms with Gasteiger partial charge in [0.15, 0.2) is 0 Å². The van der Waals surface area contributed by atoms with Crippen LogP contribution in [0.25, 0.3) is 0 Å². The van der Waals surface area contributed by atoms with Crippen molar-refractivity contribution >= 4 is 0 Å². The highest BCUT2D eigenvalue weighted by molar-refractivity contribution is 5.32. The number of hydrogen-bond acceptors (Lipinski definition) is 3. The van der Waals surface area contributed by atoms with E-state index in [9.17, 15) is 8.78 Å². The van der Waals surface area contributed by atoms with E-state index in [1.807, 2.05) is 42.8 Å². The lowest BCUT2D eigenvalue weighted by molar-refractivity contribution is 0.104. The number of aromatic nitrogens is 2. The predicted molar refractivity (Wildman–Crippen MR) is 109 cm³/mol. The van der Waals surface area contributed by atoms with Gasteiger partial charge in [-0.15, -0.1) is 0 Å². The van der Waals surface area contributed by atoms with Crippen LogP contribution >= 0.6 is 0 Å². The van der Waals surface area contributed by atoms with Gasteiger partial charge in [-0.25, -0.2) is 13.8 Å². The number of rotatable bonds is 5. The summed E-state index contributed by atoms with van der Waals surface area (Å²) in [6.07, 6.45) is 2.08. The SMILES string of the molecule is Cc1nc(CN2CCN(C(c3ccc(F)cc3)c3ccc(F)cc3)CC2)cn1C. The molecule has 0 aliphatic carbocycles. The highest BCUT2D eigenvalue weighted by atomic mass is 19.1. The highest BCUT2D eigenvalue weighted by Gasteiger charge is 2.27. The molecule has 3 aromatic rings. The van der Waals surface area contributed by atoms with Gasteiger partial charge in [0.05, 0.1) is 11.7 Å². The molecule has 1 saturated heterocycles. The van der Waals surface area contributed by atoms with Gasteiger partial charge in [-0.3, -0.25) is 9.80 Å². The van der Waals surface area contributed by atoms with E-state index in [-0.39, 0.29) is 17.7 Å². The number of benzene rings is 2. The maximum atomic E-state index is 13.5. The van der Waals surface area contributed by atoms with Gasteiger partial charge in [-0.2, -0.15) is 0 Å². The topological polar surface area (TPSA) is 24.3 Å². The van der Waals surface area contributed by atoms with Crippen molar-refractivity contribution in [2.24, 2.45) is 7.05 Å². The summed E-state index contributed by atoms with van der Waals surface area (Å²) in [6, 6.07) is 13.3. The Morgan fingerprint density at radius 1 is 0.862 bits per heavy atom. The van der Waals surface area contributed by atoms with Gasteiger partial charge in [0.2, 0.25) is 0 Å². The van der Waals surface area contributed by atoms with Crippen LogP contribution in [0.3, 0.4) is 0 Å². The Bertz CT molecular complexity index is 877. The maximum absolute atomic E-state index is 13.5. The molecule has 0 radical (unpaired) electrons. The maximum Gasteiger partial charge on any atom is 0.123 e. The van der Waals surface area contributed by atoms with Crippen molar-refractivity contribution < 1.29 is 8.78 Å². The van der Waals surface area contributed by atoms with Crippen molar-refractivity contribution in [2.45, 2.75) is 19.5 Å². The Kier molecular flexibility index (Phi) is 5.74. The zero-order valence-electron chi connectivity index (χ0n) is 16.9. The first kappa shape index (κ1) is 19.7. The fourth-order valence-electron chi connectivity index (χ4n) is 4.02. The Balaban J connectivity index is 1.50. The first-order valence-electron chi connectivity index (χ1n) is 9.96. The molecule has 0 bridgehead atoms. The van der Waals surface area contributed by atoms with Crippen molar-refractivity contribution in [3.05, 3.63) is 89.0 Å². The fraction of sp³-hybridized carbons (Fsp3) is 0.348. The lowest BCUT2D eigenvalue weighted by Gasteiger charge is -2.39. The van der Waals surface area contributed by atoms with Gasteiger partial charge < -0.3 is 4.57 Å². The Labute approximate surface area is 170 Å². The number of aryl methyl sites for hydroxylation is 2. The molecule has 1 aromatic heterocycles. The number of piperazine rings is 1. The zero-order valence-corrected chi connectivity index (χ0v) is 16.9. The normalized spacial score (nSPS) is 15.9. The molecule has 152 valence electrons. The van der Waals surface area contributed by atoms with E-state index in [0.717, 1.165) is 55.4 Å². The quantitative estimate of drug-likeness (QED) is 0.654. The molecule has 0 saturated carbocycles. The third-order valence-corrected chi connectivity index (χ3v) is 5.69. The molecule has 0 atom stereocenters. The second-order valence-electron chi connectivity index (χ2n) is 7.71. The minimum Gasteiger partial charge on any atom is -0.338 e. The van der Waals surface area contributed by atoms with Crippen LogP contribution in [0.15, 0.2) is 54.7 Å². The van der Waals surface area contributed by atoms with Crippen molar-refractivity contribution in [3.63, 3.8) is 0 Å². The third kappa shape index (κ3) is 4.54.